The standard InChI is InChI=1S/C20H34N2O7.C8H9ClO.C8H10/c1-13(2)10-15(18(26)27)29-19(28)20(4,5)12-22-17(25)11-21-16(24)9-7-6-8-14(3)23;1-6-3-4-8(10-2)7(9)5-6;1-2-8-6-4-3-5-7-8/h7,9,13-15,23H,6,8,10-12H2,1-5H3,(H,21,24)(H,22,25)(H,26,27);3-5H,1-2H3;3-7H,2H2,1H3/b9-7+;;. The maximum absolute atomic E-state index is 12.3. The number of benzene rings is 2. The molecule has 4 N–H and O–H groups in total. The Balaban J connectivity index is 0.000000934. The zero-order chi connectivity index (χ0) is 36.0. The van der Waals surface area contributed by atoms with Crippen LogP contribution in [0.2, 0.25) is 5.02 Å². The van der Waals surface area contributed by atoms with E-state index in [4.69, 9.17) is 26.2 Å². The quantitative estimate of drug-likeness (QED) is 0.134. The molecule has 0 aromatic heterocycles. The third-order valence-corrected chi connectivity index (χ3v) is 6.79. The van der Waals surface area contributed by atoms with Gasteiger partial charge in [-0.15, -0.1) is 0 Å². The van der Waals surface area contributed by atoms with Crippen LogP contribution in [-0.2, 0) is 30.3 Å². The summed E-state index contributed by atoms with van der Waals surface area (Å²) in [6.45, 7) is 12.2. The highest BCUT2D eigenvalue weighted by Gasteiger charge is 2.34. The average Bonchev–Trinajstić information content (AvgIpc) is 3.01. The Morgan fingerprint density at radius 2 is 1.66 bits per heavy atom. The van der Waals surface area contributed by atoms with Gasteiger partial charge in [-0.2, -0.15) is 0 Å². The van der Waals surface area contributed by atoms with Gasteiger partial charge in [0, 0.05) is 6.54 Å². The first-order valence-electron chi connectivity index (χ1n) is 15.7. The lowest BCUT2D eigenvalue weighted by molar-refractivity contribution is -0.171. The molecule has 11 heteroatoms. The normalized spacial score (nSPS) is 12.1. The molecule has 0 spiro atoms. The number of aliphatic hydroxyl groups is 1. The van der Waals surface area contributed by atoms with Crippen LogP contribution in [0.5, 0.6) is 5.75 Å². The number of esters is 1. The predicted molar refractivity (Wildman–Crippen MR) is 185 cm³/mol. The molecular weight excluding hydrogens is 624 g/mol. The number of halogens is 1. The van der Waals surface area contributed by atoms with Gasteiger partial charge >= 0.3 is 11.9 Å². The lowest BCUT2D eigenvalue weighted by Gasteiger charge is -2.25. The van der Waals surface area contributed by atoms with Crippen molar-refractivity contribution in [2.45, 2.75) is 86.4 Å². The van der Waals surface area contributed by atoms with Gasteiger partial charge in [0.05, 0.1) is 30.2 Å². The highest BCUT2D eigenvalue weighted by molar-refractivity contribution is 6.32. The Morgan fingerprint density at radius 1 is 1.02 bits per heavy atom. The lowest BCUT2D eigenvalue weighted by atomic mass is 9.93. The van der Waals surface area contributed by atoms with Crippen molar-refractivity contribution in [3.8, 4) is 5.75 Å². The van der Waals surface area contributed by atoms with Gasteiger partial charge in [-0.3, -0.25) is 14.4 Å². The van der Waals surface area contributed by atoms with Crippen molar-refractivity contribution in [1.29, 1.82) is 0 Å². The molecule has 0 fully saturated rings. The van der Waals surface area contributed by atoms with E-state index in [-0.39, 0.29) is 25.4 Å². The highest BCUT2D eigenvalue weighted by Crippen LogP contribution is 2.24. The van der Waals surface area contributed by atoms with Crippen LogP contribution < -0.4 is 15.4 Å². The number of ether oxygens (including phenoxy) is 2. The predicted octanol–water partition coefficient (Wildman–Crippen LogP) is 5.91. The summed E-state index contributed by atoms with van der Waals surface area (Å²) in [5.41, 5.74) is 1.42. The molecule has 2 atom stereocenters. The van der Waals surface area contributed by atoms with Gasteiger partial charge in [-0.1, -0.05) is 74.8 Å². The van der Waals surface area contributed by atoms with E-state index in [2.05, 4.69) is 41.8 Å². The summed E-state index contributed by atoms with van der Waals surface area (Å²) in [5, 5.41) is 23.9. The Bertz CT molecular complexity index is 1260. The molecule has 0 aliphatic rings. The Kier molecular flexibility index (Phi) is 21.5. The molecule has 0 aliphatic heterocycles. The summed E-state index contributed by atoms with van der Waals surface area (Å²) >= 11 is 5.80. The molecule has 0 heterocycles. The van der Waals surface area contributed by atoms with Gasteiger partial charge in [0.1, 0.15) is 5.75 Å². The van der Waals surface area contributed by atoms with Crippen LogP contribution in [0.1, 0.15) is 71.9 Å². The number of carbonyl (C=O) groups is 4. The van der Waals surface area contributed by atoms with Crippen molar-refractivity contribution in [3.63, 3.8) is 0 Å². The van der Waals surface area contributed by atoms with E-state index in [1.165, 1.54) is 25.5 Å². The van der Waals surface area contributed by atoms with E-state index in [0.717, 1.165) is 17.7 Å². The molecule has 0 saturated carbocycles. The fraction of sp³-hybridized carbons (Fsp3) is 0.500. The van der Waals surface area contributed by atoms with E-state index in [0.29, 0.717) is 17.9 Å². The molecule has 0 aliphatic carbocycles. The number of hydrogen-bond acceptors (Lipinski definition) is 7. The van der Waals surface area contributed by atoms with Crippen molar-refractivity contribution >= 4 is 35.4 Å². The van der Waals surface area contributed by atoms with Gasteiger partial charge in [-0.25, -0.2) is 4.79 Å². The summed E-state index contributed by atoms with van der Waals surface area (Å²) in [4.78, 5) is 47.0. The fourth-order valence-corrected chi connectivity index (χ4v) is 3.92. The van der Waals surface area contributed by atoms with Gasteiger partial charge in [0.15, 0.2) is 6.10 Å². The summed E-state index contributed by atoms with van der Waals surface area (Å²) in [5.74, 6) is -2.10. The third-order valence-electron chi connectivity index (χ3n) is 6.49. The van der Waals surface area contributed by atoms with Gasteiger partial charge in [0.25, 0.3) is 0 Å². The maximum atomic E-state index is 12.3. The molecule has 0 radical (unpaired) electrons. The second kappa shape index (κ2) is 23.4. The van der Waals surface area contributed by atoms with Crippen LogP contribution >= 0.6 is 11.6 Å². The fourth-order valence-electron chi connectivity index (χ4n) is 3.61. The molecule has 0 saturated heterocycles. The molecular formula is C36H53ClN2O8. The number of nitrogens with one attached hydrogen (secondary N) is 2. The minimum atomic E-state index is -1.24. The first kappa shape index (κ1) is 43.1. The van der Waals surface area contributed by atoms with Crippen molar-refractivity contribution in [2.24, 2.45) is 11.3 Å². The van der Waals surface area contributed by atoms with Crippen molar-refractivity contribution < 1.29 is 38.9 Å². The Labute approximate surface area is 284 Å². The van der Waals surface area contributed by atoms with E-state index >= 15 is 0 Å². The molecule has 2 rings (SSSR count). The molecule has 47 heavy (non-hydrogen) atoms. The monoisotopic (exact) mass is 676 g/mol. The molecule has 2 amide bonds. The van der Waals surface area contributed by atoms with Crippen LogP contribution in [0.15, 0.2) is 60.7 Å². The minimum absolute atomic E-state index is 0.0383. The number of methoxy groups -OCH3 is 1. The molecule has 262 valence electrons. The summed E-state index contributed by atoms with van der Waals surface area (Å²) in [6.07, 6.45) is 3.63. The molecule has 2 unspecified atom stereocenters. The summed E-state index contributed by atoms with van der Waals surface area (Å²) in [7, 11) is 1.61. The number of aliphatic hydroxyl groups excluding tert-OH is 1. The Hall–Kier alpha value is -3.89. The van der Waals surface area contributed by atoms with Crippen LogP contribution in [0, 0.1) is 18.3 Å². The number of amides is 2. The summed E-state index contributed by atoms with van der Waals surface area (Å²) < 4.78 is 10.1. The second-order valence-corrected chi connectivity index (χ2v) is 12.5. The maximum Gasteiger partial charge on any atom is 0.345 e. The summed E-state index contributed by atoms with van der Waals surface area (Å²) in [6, 6.07) is 16.2. The van der Waals surface area contributed by atoms with E-state index in [9.17, 15) is 24.3 Å². The molecule has 2 aromatic carbocycles. The molecule has 0 bridgehead atoms. The number of carboxylic acid groups (broad SMARTS) is 1. The number of carboxylic acids is 1. The molecule has 10 nitrogen and oxygen atoms in total. The van der Waals surface area contributed by atoms with E-state index in [1.54, 1.807) is 20.1 Å². The topological polar surface area (TPSA) is 151 Å². The van der Waals surface area contributed by atoms with Crippen LogP contribution in [0.25, 0.3) is 0 Å². The largest absolute Gasteiger partial charge is 0.495 e. The van der Waals surface area contributed by atoms with Crippen LogP contribution in [0.3, 0.4) is 0 Å². The van der Waals surface area contributed by atoms with Gasteiger partial charge < -0.3 is 30.3 Å². The van der Waals surface area contributed by atoms with Crippen molar-refractivity contribution in [2.75, 3.05) is 20.2 Å². The lowest BCUT2D eigenvalue weighted by Crippen LogP contribution is -2.45. The number of carbonyl (C=O) groups excluding carboxylic acids is 3. The first-order valence-corrected chi connectivity index (χ1v) is 16.1. The minimum Gasteiger partial charge on any atom is -0.495 e. The smallest absolute Gasteiger partial charge is 0.345 e. The number of rotatable bonds is 15. The van der Waals surface area contributed by atoms with Crippen LogP contribution in [0.4, 0.5) is 0 Å². The SMILES string of the molecule is CC(C)CC(OC(=O)C(C)(C)CNC(=O)CNC(=O)/C=C/CCC(C)O)C(=O)O.CCc1ccccc1.COc1ccc(C)cc1Cl. The van der Waals surface area contributed by atoms with Crippen molar-refractivity contribution in [3.05, 3.63) is 76.8 Å². The number of allylic oxidation sites excluding steroid dienone is 1. The number of hydrogen-bond donors (Lipinski definition) is 4. The zero-order valence-corrected chi connectivity index (χ0v) is 29.7. The van der Waals surface area contributed by atoms with Crippen molar-refractivity contribution in [1.82, 2.24) is 10.6 Å². The van der Waals surface area contributed by atoms with E-state index in [1.807, 2.05) is 45.0 Å². The average molecular weight is 677 g/mol. The zero-order valence-electron chi connectivity index (χ0n) is 29.0. The van der Waals surface area contributed by atoms with Gasteiger partial charge in [0.2, 0.25) is 11.8 Å². The first-order chi connectivity index (χ1) is 22.0. The molecule has 2 aromatic rings. The van der Waals surface area contributed by atoms with E-state index < -0.39 is 41.4 Å². The Morgan fingerprint density at radius 3 is 2.15 bits per heavy atom. The highest BCUT2D eigenvalue weighted by atomic mass is 35.5. The second-order valence-electron chi connectivity index (χ2n) is 12.0. The third kappa shape index (κ3) is 20.8. The van der Waals surface area contributed by atoms with Crippen LogP contribution in [-0.4, -0.2) is 66.4 Å². The van der Waals surface area contributed by atoms with Gasteiger partial charge in [-0.05, 0) is 88.6 Å². The number of aryl methyl sites for hydroxylation is 2. The number of aliphatic carboxylic acids is 1.